The minimum Gasteiger partial charge on any atom is -0.485 e. The molecule has 0 saturated heterocycles. The van der Waals surface area contributed by atoms with Gasteiger partial charge in [-0.15, -0.1) is 0 Å². The van der Waals surface area contributed by atoms with Gasteiger partial charge < -0.3 is 14.6 Å². The van der Waals surface area contributed by atoms with Crippen molar-refractivity contribution in [3.05, 3.63) is 60.0 Å². The van der Waals surface area contributed by atoms with Gasteiger partial charge in [0.15, 0.2) is 6.61 Å². The topological polar surface area (TPSA) is 78.0 Å². The van der Waals surface area contributed by atoms with Crippen LogP contribution in [0.4, 0.5) is 0 Å². The van der Waals surface area contributed by atoms with E-state index in [9.17, 15) is 0 Å². The van der Waals surface area contributed by atoms with Crippen LogP contribution >= 0.6 is 0 Å². The van der Waals surface area contributed by atoms with E-state index in [1.54, 1.807) is 13.1 Å². The van der Waals surface area contributed by atoms with E-state index in [0.29, 0.717) is 24.4 Å². The fraction of sp³-hybridized carbons (Fsp3) is 0.353. The lowest BCUT2D eigenvalue weighted by atomic mass is 10.2. The lowest BCUT2D eigenvalue weighted by Crippen LogP contribution is -2.30. The number of benzene rings is 1. The highest BCUT2D eigenvalue weighted by atomic mass is 16.5. The minimum absolute atomic E-state index is 0.301. The summed E-state index contributed by atoms with van der Waals surface area (Å²) >= 11 is 0. The molecule has 0 aliphatic rings. The van der Waals surface area contributed by atoms with Gasteiger partial charge in [-0.05, 0) is 30.7 Å². The molecule has 0 aliphatic carbocycles. The van der Waals surface area contributed by atoms with E-state index in [0.717, 1.165) is 18.8 Å². The summed E-state index contributed by atoms with van der Waals surface area (Å²) in [6.45, 7) is 5.85. The normalized spacial score (nSPS) is 12.2. The number of nitrogens with one attached hydrogen (secondary N) is 1. The Hall–Kier alpha value is -2.67. The van der Waals surface area contributed by atoms with Crippen molar-refractivity contribution < 1.29 is 9.26 Å². The van der Waals surface area contributed by atoms with Gasteiger partial charge in [-0.3, -0.25) is 4.68 Å². The van der Waals surface area contributed by atoms with Crippen LogP contribution in [0.15, 0.2) is 47.2 Å². The summed E-state index contributed by atoms with van der Waals surface area (Å²) in [5.41, 5.74) is 1.20. The number of nitrogens with zero attached hydrogens (tertiary/aromatic N) is 4. The highest BCUT2D eigenvalue weighted by molar-refractivity contribution is 5.27. The maximum atomic E-state index is 5.64. The van der Waals surface area contributed by atoms with Gasteiger partial charge in [-0.25, -0.2) is 0 Å². The van der Waals surface area contributed by atoms with Crippen LogP contribution in [0.2, 0.25) is 0 Å². The smallest absolute Gasteiger partial charge is 0.223 e. The quantitative estimate of drug-likeness (QED) is 0.684. The Kier molecular flexibility index (Phi) is 5.22. The molecule has 0 amide bonds. The van der Waals surface area contributed by atoms with E-state index in [-0.39, 0.29) is 0 Å². The third-order valence-corrected chi connectivity index (χ3v) is 3.54. The molecule has 2 heterocycles. The molecular weight excluding hydrogens is 306 g/mol. The van der Waals surface area contributed by atoms with Crippen LogP contribution in [0.3, 0.4) is 0 Å². The molecule has 126 valence electrons. The van der Waals surface area contributed by atoms with E-state index in [1.807, 2.05) is 41.2 Å². The van der Waals surface area contributed by atoms with Crippen LogP contribution < -0.4 is 10.1 Å². The predicted octanol–water partition coefficient (Wildman–Crippen LogP) is 2.33. The van der Waals surface area contributed by atoms with E-state index in [4.69, 9.17) is 9.26 Å². The van der Waals surface area contributed by atoms with Gasteiger partial charge in [0.25, 0.3) is 0 Å². The van der Waals surface area contributed by atoms with Crippen LogP contribution in [0.5, 0.6) is 5.75 Å². The van der Waals surface area contributed by atoms with Gasteiger partial charge in [0, 0.05) is 31.9 Å². The monoisotopic (exact) mass is 327 g/mol. The van der Waals surface area contributed by atoms with Crippen molar-refractivity contribution in [2.45, 2.75) is 39.6 Å². The zero-order chi connectivity index (χ0) is 16.8. The first-order chi connectivity index (χ1) is 11.7. The number of aromatic nitrogens is 4. The Morgan fingerprint density at radius 1 is 1.29 bits per heavy atom. The molecule has 1 atom stereocenters. The van der Waals surface area contributed by atoms with Crippen molar-refractivity contribution >= 4 is 0 Å². The Morgan fingerprint density at radius 2 is 2.12 bits per heavy atom. The molecule has 24 heavy (non-hydrogen) atoms. The average Bonchev–Trinajstić information content (AvgIpc) is 3.24. The third-order valence-electron chi connectivity index (χ3n) is 3.54. The highest BCUT2D eigenvalue weighted by Gasteiger charge is 2.05. The zero-order valence-electron chi connectivity index (χ0n) is 13.8. The summed E-state index contributed by atoms with van der Waals surface area (Å²) in [6, 6.07) is 10.3. The molecule has 2 aromatic heterocycles. The largest absolute Gasteiger partial charge is 0.485 e. The minimum atomic E-state index is 0.301. The third kappa shape index (κ3) is 4.66. The summed E-state index contributed by atoms with van der Waals surface area (Å²) in [6.07, 6.45) is 3.76. The van der Waals surface area contributed by atoms with Crippen molar-refractivity contribution in [1.29, 1.82) is 0 Å². The fourth-order valence-corrected chi connectivity index (χ4v) is 2.30. The Balaban J connectivity index is 1.44. The SMILES string of the molecule is Cc1nc(COc2ccc(CN[C@H](C)Cn3cccn3)cc2)no1. The van der Waals surface area contributed by atoms with E-state index in [1.165, 1.54) is 5.56 Å². The summed E-state index contributed by atoms with van der Waals surface area (Å²) < 4.78 is 12.5. The maximum absolute atomic E-state index is 5.64. The highest BCUT2D eigenvalue weighted by Crippen LogP contribution is 2.13. The molecule has 7 nitrogen and oxygen atoms in total. The van der Waals surface area contributed by atoms with Crippen molar-refractivity contribution in [1.82, 2.24) is 25.2 Å². The average molecular weight is 327 g/mol. The lowest BCUT2D eigenvalue weighted by molar-refractivity contribution is 0.285. The van der Waals surface area contributed by atoms with Crippen LogP contribution in [0, 0.1) is 6.92 Å². The molecule has 0 fully saturated rings. The molecule has 0 radical (unpaired) electrons. The maximum Gasteiger partial charge on any atom is 0.223 e. The van der Waals surface area contributed by atoms with E-state index >= 15 is 0 Å². The lowest BCUT2D eigenvalue weighted by Gasteiger charge is -2.14. The molecular formula is C17H21N5O2. The predicted molar refractivity (Wildman–Crippen MR) is 88.3 cm³/mol. The van der Waals surface area contributed by atoms with Crippen molar-refractivity contribution in [3.63, 3.8) is 0 Å². The van der Waals surface area contributed by atoms with Crippen LogP contribution in [-0.2, 0) is 19.7 Å². The second kappa shape index (κ2) is 7.74. The van der Waals surface area contributed by atoms with E-state index < -0.39 is 0 Å². The summed E-state index contributed by atoms with van der Waals surface area (Å²) in [7, 11) is 0. The molecule has 1 aromatic carbocycles. The van der Waals surface area contributed by atoms with Gasteiger partial charge in [-0.2, -0.15) is 10.1 Å². The van der Waals surface area contributed by atoms with Gasteiger partial charge in [0.05, 0.1) is 6.54 Å². The Morgan fingerprint density at radius 3 is 2.79 bits per heavy atom. The van der Waals surface area contributed by atoms with Crippen molar-refractivity contribution in [3.8, 4) is 5.75 Å². The molecule has 0 bridgehead atoms. The second-order valence-corrected chi connectivity index (χ2v) is 5.67. The molecule has 3 rings (SSSR count). The summed E-state index contributed by atoms with van der Waals surface area (Å²) in [4.78, 5) is 4.10. The van der Waals surface area contributed by atoms with Crippen LogP contribution in [-0.4, -0.2) is 26.0 Å². The molecule has 0 saturated carbocycles. The Labute approximate surface area is 140 Å². The van der Waals surface area contributed by atoms with Gasteiger partial charge in [-0.1, -0.05) is 17.3 Å². The van der Waals surface area contributed by atoms with Gasteiger partial charge in [0.1, 0.15) is 5.75 Å². The molecule has 0 spiro atoms. The first-order valence-corrected chi connectivity index (χ1v) is 7.91. The number of hydrogen-bond acceptors (Lipinski definition) is 6. The second-order valence-electron chi connectivity index (χ2n) is 5.67. The zero-order valence-corrected chi connectivity index (χ0v) is 13.8. The van der Waals surface area contributed by atoms with Gasteiger partial charge in [0.2, 0.25) is 11.7 Å². The fourth-order valence-electron chi connectivity index (χ4n) is 2.30. The summed E-state index contributed by atoms with van der Waals surface area (Å²) in [5.74, 6) is 1.87. The molecule has 0 unspecified atom stereocenters. The number of hydrogen-bond donors (Lipinski definition) is 1. The molecule has 3 aromatic rings. The van der Waals surface area contributed by atoms with Crippen molar-refractivity contribution in [2.24, 2.45) is 0 Å². The molecule has 0 aliphatic heterocycles. The van der Waals surface area contributed by atoms with Crippen LogP contribution in [0.25, 0.3) is 0 Å². The Bertz CT molecular complexity index is 737. The van der Waals surface area contributed by atoms with Gasteiger partial charge >= 0.3 is 0 Å². The number of aryl methyl sites for hydroxylation is 1. The number of rotatable bonds is 8. The number of ether oxygens (including phenoxy) is 1. The standard InChI is InChI=1S/C17H21N5O2/c1-13(11-22-9-3-8-19-22)18-10-15-4-6-16(7-5-15)23-12-17-20-14(2)24-21-17/h3-9,13,18H,10-12H2,1-2H3/t13-/m1/s1. The first-order valence-electron chi connectivity index (χ1n) is 7.91. The first kappa shape index (κ1) is 16.2. The molecule has 7 heteroatoms. The van der Waals surface area contributed by atoms with E-state index in [2.05, 4.69) is 27.5 Å². The molecule has 1 N–H and O–H groups in total. The summed E-state index contributed by atoms with van der Waals surface area (Å²) in [5, 5.41) is 11.5. The van der Waals surface area contributed by atoms with Crippen LogP contribution in [0.1, 0.15) is 24.2 Å². The van der Waals surface area contributed by atoms with Crippen molar-refractivity contribution in [2.75, 3.05) is 0 Å².